The van der Waals surface area contributed by atoms with Gasteiger partial charge in [-0.05, 0) is 44.2 Å². The molecule has 1 atom stereocenters. The van der Waals surface area contributed by atoms with Crippen LogP contribution in [0.25, 0.3) is 0 Å². The van der Waals surface area contributed by atoms with Crippen molar-refractivity contribution in [2.75, 3.05) is 14.1 Å². The van der Waals surface area contributed by atoms with E-state index in [4.69, 9.17) is 4.42 Å². The fourth-order valence-electron chi connectivity index (χ4n) is 3.57. The number of aromatic nitrogens is 2. The Morgan fingerprint density at radius 2 is 2.19 bits per heavy atom. The number of carbonyl (C=O) groups excluding carboxylic acids is 1. The molecule has 0 aromatic carbocycles. The zero-order valence-electron chi connectivity index (χ0n) is 16.5. The van der Waals surface area contributed by atoms with Crippen molar-refractivity contribution in [2.45, 2.75) is 59.2 Å². The monoisotopic (exact) mass is 358 g/mol. The maximum absolute atomic E-state index is 12.6. The quantitative estimate of drug-likeness (QED) is 0.862. The second-order valence-corrected chi connectivity index (χ2v) is 7.88. The lowest BCUT2D eigenvalue weighted by Crippen LogP contribution is -2.35. The number of amides is 1. The van der Waals surface area contributed by atoms with Gasteiger partial charge in [-0.3, -0.25) is 9.48 Å². The Bertz CT molecular complexity index is 773. The van der Waals surface area contributed by atoms with Crippen LogP contribution < -0.4 is 5.32 Å². The summed E-state index contributed by atoms with van der Waals surface area (Å²) in [5, 5.41) is 8.27. The summed E-state index contributed by atoms with van der Waals surface area (Å²) in [5.74, 6) is 2.38. The summed E-state index contributed by atoms with van der Waals surface area (Å²) >= 11 is 0. The molecular weight excluding hydrogens is 328 g/mol. The van der Waals surface area contributed by atoms with Gasteiger partial charge in [-0.1, -0.05) is 13.8 Å². The number of hydrogen-bond donors (Lipinski definition) is 1. The molecule has 3 rings (SSSR count). The third-order valence-corrected chi connectivity index (χ3v) is 4.85. The van der Waals surface area contributed by atoms with Crippen molar-refractivity contribution in [3.05, 3.63) is 40.6 Å². The highest BCUT2D eigenvalue weighted by Gasteiger charge is 2.29. The van der Waals surface area contributed by atoms with Crippen LogP contribution in [0.3, 0.4) is 0 Å². The number of nitrogens with one attached hydrogen (secondary N) is 1. The van der Waals surface area contributed by atoms with E-state index in [0.717, 1.165) is 42.9 Å². The average molecular weight is 358 g/mol. The van der Waals surface area contributed by atoms with Crippen molar-refractivity contribution >= 4 is 5.91 Å². The van der Waals surface area contributed by atoms with E-state index in [1.54, 1.807) is 19.0 Å². The minimum atomic E-state index is -0.00827. The van der Waals surface area contributed by atoms with Gasteiger partial charge < -0.3 is 14.6 Å². The fourth-order valence-corrected chi connectivity index (χ4v) is 3.57. The van der Waals surface area contributed by atoms with Crippen molar-refractivity contribution in [3.8, 4) is 0 Å². The molecule has 6 nitrogen and oxygen atoms in total. The first-order valence-electron chi connectivity index (χ1n) is 9.44. The van der Waals surface area contributed by atoms with Gasteiger partial charge in [0.2, 0.25) is 0 Å². The molecule has 1 amide bonds. The number of rotatable bonds is 6. The van der Waals surface area contributed by atoms with E-state index < -0.39 is 0 Å². The van der Waals surface area contributed by atoms with E-state index >= 15 is 0 Å². The summed E-state index contributed by atoms with van der Waals surface area (Å²) in [7, 11) is 3.57. The highest BCUT2D eigenvalue weighted by Crippen LogP contribution is 2.26. The minimum absolute atomic E-state index is 0.00827. The van der Waals surface area contributed by atoms with Gasteiger partial charge in [0, 0.05) is 37.9 Å². The molecule has 0 saturated heterocycles. The van der Waals surface area contributed by atoms with Gasteiger partial charge in [0.15, 0.2) is 5.69 Å². The number of hydrogen-bond acceptors (Lipinski definition) is 4. The van der Waals surface area contributed by atoms with E-state index in [1.165, 1.54) is 5.69 Å². The summed E-state index contributed by atoms with van der Waals surface area (Å²) in [6.07, 6.45) is 2.83. The van der Waals surface area contributed by atoms with Gasteiger partial charge in [-0.2, -0.15) is 5.10 Å². The molecule has 26 heavy (non-hydrogen) atoms. The third-order valence-electron chi connectivity index (χ3n) is 4.85. The van der Waals surface area contributed by atoms with Crippen molar-refractivity contribution in [1.82, 2.24) is 20.0 Å². The molecule has 1 aliphatic rings. The predicted molar refractivity (Wildman–Crippen MR) is 101 cm³/mol. The fraction of sp³-hybridized carbons (Fsp3) is 0.600. The topological polar surface area (TPSA) is 63.3 Å². The standard InChI is InChI=1S/C20H30N4O2/c1-13(2)12-24-18-9-7-15(21-11-16-8-6-14(3)26-16)10-17(18)19(22-24)20(25)23(4)5/h6,8,13,15,21H,7,9-12H2,1-5H3. The van der Waals surface area contributed by atoms with E-state index in [-0.39, 0.29) is 5.91 Å². The molecule has 2 aromatic heterocycles. The first kappa shape index (κ1) is 18.7. The molecule has 1 N–H and O–H groups in total. The predicted octanol–water partition coefficient (Wildman–Crippen LogP) is 2.79. The number of aryl methyl sites for hydroxylation is 1. The molecule has 2 heterocycles. The molecule has 0 bridgehead atoms. The molecule has 2 aromatic rings. The van der Waals surface area contributed by atoms with Crippen LogP contribution in [0.2, 0.25) is 0 Å². The molecule has 142 valence electrons. The number of furan rings is 1. The maximum Gasteiger partial charge on any atom is 0.274 e. The SMILES string of the molecule is Cc1ccc(CNC2CCc3c(c(C(=O)N(C)C)nn3CC(C)C)C2)o1. The first-order valence-corrected chi connectivity index (χ1v) is 9.44. The summed E-state index contributed by atoms with van der Waals surface area (Å²) in [5.41, 5.74) is 2.96. The average Bonchev–Trinajstić information content (AvgIpc) is 3.15. The lowest BCUT2D eigenvalue weighted by molar-refractivity contribution is 0.0819. The van der Waals surface area contributed by atoms with Crippen molar-refractivity contribution in [3.63, 3.8) is 0 Å². The minimum Gasteiger partial charge on any atom is -0.465 e. The van der Waals surface area contributed by atoms with Crippen molar-refractivity contribution < 1.29 is 9.21 Å². The maximum atomic E-state index is 12.6. The van der Waals surface area contributed by atoms with E-state index in [2.05, 4.69) is 28.9 Å². The summed E-state index contributed by atoms with van der Waals surface area (Å²) in [6.45, 7) is 7.89. The number of carbonyl (C=O) groups is 1. The number of nitrogens with zero attached hydrogens (tertiary/aromatic N) is 3. The van der Waals surface area contributed by atoms with E-state index in [9.17, 15) is 4.79 Å². The molecule has 6 heteroatoms. The molecule has 0 fully saturated rings. The Hall–Kier alpha value is -2.08. The van der Waals surface area contributed by atoms with Crippen molar-refractivity contribution in [2.24, 2.45) is 5.92 Å². The first-order chi connectivity index (χ1) is 12.3. The Labute approximate surface area is 155 Å². The highest BCUT2D eigenvalue weighted by molar-refractivity contribution is 5.93. The van der Waals surface area contributed by atoms with Crippen LogP contribution in [-0.4, -0.2) is 40.7 Å². The number of fused-ring (bicyclic) bond motifs is 1. The summed E-state index contributed by atoms with van der Waals surface area (Å²) in [4.78, 5) is 14.2. The van der Waals surface area contributed by atoms with Crippen LogP contribution in [0.1, 0.15) is 53.5 Å². The van der Waals surface area contributed by atoms with Gasteiger partial charge in [-0.25, -0.2) is 0 Å². The second kappa shape index (κ2) is 7.66. The molecule has 0 aliphatic heterocycles. The lowest BCUT2D eigenvalue weighted by atomic mass is 9.91. The van der Waals surface area contributed by atoms with Crippen LogP contribution >= 0.6 is 0 Å². The van der Waals surface area contributed by atoms with E-state index in [0.29, 0.717) is 24.2 Å². The van der Waals surface area contributed by atoms with Crippen LogP contribution in [0.5, 0.6) is 0 Å². The molecule has 1 unspecified atom stereocenters. The Morgan fingerprint density at radius 1 is 1.42 bits per heavy atom. The normalized spacial score (nSPS) is 16.8. The molecular formula is C20H30N4O2. The molecule has 0 spiro atoms. The van der Waals surface area contributed by atoms with E-state index in [1.807, 2.05) is 19.1 Å². The van der Waals surface area contributed by atoms with Gasteiger partial charge in [0.25, 0.3) is 5.91 Å². The van der Waals surface area contributed by atoms with Gasteiger partial charge in [0.05, 0.1) is 6.54 Å². The van der Waals surface area contributed by atoms with Crippen LogP contribution in [0.15, 0.2) is 16.5 Å². The van der Waals surface area contributed by atoms with Crippen molar-refractivity contribution in [1.29, 1.82) is 0 Å². The van der Waals surface area contributed by atoms with Crippen LogP contribution in [0.4, 0.5) is 0 Å². The molecule has 0 saturated carbocycles. The largest absolute Gasteiger partial charge is 0.465 e. The van der Waals surface area contributed by atoms with Gasteiger partial charge >= 0.3 is 0 Å². The molecule has 1 aliphatic carbocycles. The lowest BCUT2D eigenvalue weighted by Gasteiger charge is -2.24. The van der Waals surface area contributed by atoms with Gasteiger partial charge in [0.1, 0.15) is 11.5 Å². The Kier molecular flexibility index (Phi) is 5.51. The summed E-state index contributed by atoms with van der Waals surface area (Å²) < 4.78 is 7.70. The second-order valence-electron chi connectivity index (χ2n) is 7.88. The van der Waals surface area contributed by atoms with Gasteiger partial charge in [-0.15, -0.1) is 0 Å². The Morgan fingerprint density at radius 3 is 2.81 bits per heavy atom. The van der Waals surface area contributed by atoms with Crippen LogP contribution in [0, 0.1) is 12.8 Å². The Balaban J connectivity index is 1.78. The zero-order chi connectivity index (χ0) is 18.8. The summed E-state index contributed by atoms with van der Waals surface area (Å²) in [6, 6.07) is 4.33. The molecule has 0 radical (unpaired) electrons. The smallest absolute Gasteiger partial charge is 0.274 e. The highest BCUT2D eigenvalue weighted by atomic mass is 16.3. The third kappa shape index (κ3) is 4.01. The van der Waals surface area contributed by atoms with Crippen LogP contribution in [-0.2, 0) is 25.9 Å². The zero-order valence-corrected chi connectivity index (χ0v) is 16.5.